The van der Waals surface area contributed by atoms with Crippen LogP contribution in [0.15, 0.2) is 22.9 Å². The van der Waals surface area contributed by atoms with Crippen LogP contribution in [0.1, 0.15) is 25.3 Å². The average Bonchev–Trinajstić information content (AvgIpc) is 2.39. The molecular formula is C14H20BrF3N2O. The summed E-state index contributed by atoms with van der Waals surface area (Å²) in [7, 11) is 0. The van der Waals surface area contributed by atoms with E-state index in [1.54, 1.807) is 12.4 Å². The third-order valence-corrected chi connectivity index (χ3v) is 3.24. The van der Waals surface area contributed by atoms with Crippen LogP contribution in [0.5, 0.6) is 0 Å². The molecule has 0 aromatic carbocycles. The third kappa shape index (κ3) is 9.06. The third-order valence-electron chi connectivity index (χ3n) is 2.80. The van der Waals surface area contributed by atoms with Gasteiger partial charge in [-0.2, -0.15) is 13.2 Å². The van der Waals surface area contributed by atoms with Crippen molar-refractivity contribution in [1.82, 2.24) is 10.3 Å². The van der Waals surface area contributed by atoms with Gasteiger partial charge in [0.2, 0.25) is 0 Å². The van der Waals surface area contributed by atoms with Crippen LogP contribution in [0.2, 0.25) is 0 Å². The van der Waals surface area contributed by atoms with Gasteiger partial charge < -0.3 is 10.1 Å². The van der Waals surface area contributed by atoms with Crippen molar-refractivity contribution in [2.75, 3.05) is 19.8 Å². The minimum atomic E-state index is -4.26. The van der Waals surface area contributed by atoms with Crippen molar-refractivity contribution in [2.24, 2.45) is 0 Å². The average molecular weight is 369 g/mol. The molecule has 1 rings (SSSR count). The number of aromatic nitrogens is 1. The predicted octanol–water partition coefficient (Wildman–Crippen LogP) is 3.72. The Hall–Kier alpha value is -0.660. The van der Waals surface area contributed by atoms with E-state index >= 15 is 0 Å². The largest absolute Gasteiger partial charge is 0.411 e. The molecule has 0 aliphatic carbocycles. The van der Waals surface area contributed by atoms with Crippen molar-refractivity contribution in [2.45, 2.75) is 38.4 Å². The molecule has 7 heteroatoms. The molecule has 1 heterocycles. The lowest BCUT2D eigenvalue weighted by atomic mass is 10.1. The van der Waals surface area contributed by atoms with E-state index < -0.39 is 12.8 Å². The van der Waals surface area contributed by atoms with Crippen molar-refractivity contribution >= 4 is 15.9 Å². The van der Waals surface area contributed by atoms with Gasteiger partial charge in [-0.15, -0.1) is 0 Å². The standard InChI is InChI=1S/C14H20BrF3N2O/c1-2-4-20-13(3-5-21-10-14(16,17)18)7-11-6-12(15)9-19-8-11/h6,8-9,13,20H,2-5,7,10H2,1H3. The summed E-state index contributed by atoms with van der Waals surface area (Å²) in [4.78, 5) is 4.09. The first-order valence-corrected chi connectivity index (χ1v) is 7.67. The summed E-state index contributed by atoms with van der Waals surface area (Å²) in [6.45, 7) is 1.77. The zero-order valence-electron chi connectivity index (χ0n) is 11.9. The Kier molecular flexibility index (Phi) is 8.21. The van der Waals surface area contributed by atoms with Gasteiger partial charge in [0.25, 0.3) is 0 Å². The van der Waals surface area contributed by atoms with Crippen LogP contribution in [-0.4, -0.2) is 37.0 Å². The molecular weight excluding hydrogens is 349 g/mol. The molecule has 1 aromatic heterocycles. The van der Waals surface area contributed by atoms with Gasteiger partial charge in [0.15, 0.2) is 0 Å². The van der Waals surface area contributed by atoms with Crippen molar-refractivity contribution in [3.63, 3.8) is 0 Å². The first-order chi connectivity index (χ1) is 9.90. The maximum Gasteiger partial charge on any atom is 0.411 e. The van der Waals surface area contributed by atoms with E-state index in [0.717, 1.165) is 23.0 Å². The fraction of sp³-hybridized carbons (Fsp3) is 0.643. The summed E-state index contributed by atoms with van der Waals surface area (Å²) < 4.78 is 41.6. The highest BCUT2D eigenvalue weighted by Gasteiger charge is 2.27. The molecule has 0 saturated carbocycles. The van der Waals surface area contributed by atoms with E-state index in [1.807, 2.05) is 13.0 Å². The minimum absolute atomic E-state index is 0.0780. The second-order valence-corrected chi connectivity index (χ2v) is 5.74. The maximum atomic E-state index is 12.0. The van der Waals surface area contributed by atoms with E-state index in [4.69, 9.17) is 0 Å². The number of hydrogen-bond donors (Lipinski definition) is 1. The summed E-state index contributed by atoms with van der Waals surface area (Å²) in [5.74, 6) is 0. The van der Waals surface area contributed by atoms with Gasteiger partial charge in [-0.3, -0.25) is 4.98 Å². The number of ether oxygens (including phenoxy) is 1. The Balaban J connectivity index is 2.43. The molecule has 0 radical (unpaired) electrons. The first-order valence-electron chi connectivity index (χ1n) is 6.88. The fourth-order valence-electron chi connectivity index (χ4n) is 1.89. The minimum Gasteiger partial charge on any atom is -0.372 e. The van der Waals surface area contributed by atoms with Gasteiger partial charge in [-0.25, -0.2) is 0 Å². The van der Waals surface area contributed by atoms with Crippen molar-refractivity contribution in [3.8, 4) is 0 Å². The van der Waals surface area contributed by atoms with Crippen LogP contribution < -0.4 is 5.32 Å². The summed E-state index contributed by atoms with van der Waals surface area (Å²) in [6.07, 6.45) is 1.41. The maximum absolute atomic E-state index is 12.0. The van der Waals surface area contributed by atoms with Crippen LogP contribution in [-0.2, 0) is 11.2 Å². The molecule has 3 nitrogen and oxygen atoms in total. The molecule has 0 aliphatic heterocycles. The molecule has 21 heavy (non-hydrogen) atoms. The van der Waals surface area contributed by atoms with Gasteiger partial charge in [-0.1, -0.05) is 6.92 Å². The molecule has 0 saturated heterocycles. The number of hydrogen-bond acceptors (Lipinski definition) is 3. The van der Waals surface area contributed by atoms with Gasteiger partial charge >= 0.3 is 6.18 Å². The molecule has 0 spiro atoms. The number of alkyl halides is 3. The zero-order valence-corrected chi connectivity index (χ0v) is 13.5. The molecule has 120 valence electrons. The Labute approximate surface area is 131 Å². The van der Waals surface area contributed by atoms with Crippen molar-refractivity contribution < 1.29 is 17.9 Å². The van der Waals surface area contributed by atoms with Crippen LogP contribution in [0.4, 0.5) is 13.2 Å². The normalized spacial score (nSPS) is 13.4. The summed E-state index contributed by atoms with van der Waals surface area (Å²) in [6, 6.07) is 2.04. The Morgan fingerprint density at radius 1 is 1.38 bits per heavy atom. The molecule has 1 aromatic rings. The van der Waals surface area contributed by atoms with Gasteiger partial charge in [-0.05, 0) is 53.4 Å². The molecule has 0 amide bonds. The first kappa shape index (κ1) is 18.4. The Bertz CT molecular complexity index is 415. The monoisotopic (exact) mass is 368 g/mol. The quantitative estimate of drug-likeness (QED) is 0.674. The number of rotatable bonds is 9. The zero-order chi connectivity index (χ0) is 15.7. The highest BCUT2D eigenvalue weighted by molar-refractivity contribution is 9.10. The topological polar surface area (TPSA) is 34.1 Å². The molecule has 1 atom stereocenters. The van der Waals surface area contributed by atoms with Crippen LogP contribution in [0, 0.1) is 0 Å². The highest BCUT2D eigenvalue weighted by atomic mass is 79.9. The fourth-order valence-corrected chi connectivity index (χ4v) is 2.30. The number of halogens is 4. The number of nitrogens with one attached hydrogen (secondary N) is 1. The summed E-state index contributed by atoms with van der Waals surface area (Å²) in [5.41, 5.74) is 1.04. The predicted molar refractivity (Wildman–Crippen MR) is 79.2 cm³/mol. The van der Waals surface area contributed by atoms with Gasteiger partial charge in [0.1, 0.15) is 6.61 Å². The summed E-state index contributed by atoms with van der Waals surface area (Å²) >= 11 is 3.36. The van der Waals surface area contributed by atoms with Gasteiger partial charge in [0, 0.05) is 29.5 Å². The number of nitrogens with zero attached hydrogens (tertiary/aromatic N) is 1. The number of pyridine rings is 1. The molecule has 0 fully saturated rings. The van der Waals surface area contributed by atoms with Gasteiger partial charge in [0.05, 0.1) is 0 Å². The van der Waals surface area contributed by atoms with E-state index in [1.165, 1.54) is 0 Å². The Morgan fingerprint density at radius 3 is 2.76 bits per heavy atom. The molecule has 0 aliphatic rings. The second kappa shape index (κ2) is 9.38. The smallest absolute Gasteiger partial charge is 0.372 e. The van der Waals surface area contributed by atoms with E-state index in [-0.39, 0.29) is 12.6 Å². The summed E-state index contributed by atoms with van der Waals surface area (Å²) in [5, 5.41) is 3.33. The lowest BCUT2D eigenvalue weighted by Gasteiger charge is -2.19. The molecule has 0 bridgehead atoms. The SMILES string of the molecule is CCCNC(CCOCC(F)(F)F)Cc1cncc(Br)c1. The Morgan fingerprint density at radius 2 is 2.14 bits per heavy atom. The lowest BCUT2D eigenvalue weighted by Crippen LogP contribution is -2.33. The van der Waals surface area contributed by atoms with E-state index in [9.17, 15) is 13.2 Å². The van der Waals surface area contributed by atoms with Crippen LogP contribution in [0.25, 0.3) is 0 Å². The molecule has 1 N–H and O–H groups in total. The van der Waals surface area contributed by atoms with Crippen LogP contribution in [0.3, 0.4) is 0 Å². The second-order valence-electron chi connectivity index (χ2n) is 4.82. The highest BCUT2D eigenvalue weighted by Crippen LogP contribution is 2.15. The van der Waals surface area contributed by atoms with E-state index in [2.05, 4.69) is 31.0 Å². The van der Waals surface area contributed by atoms with E-state index in [0.29, 0.717) is 12.8 Å². The van der Waals surface area contributed by atoms with Crippen LogP contribution >= 0.6 is 15.9 Å². The lowest BCUT2D eigenvalue weighted by molar-refractivity contribution is -0.174. The van der Waals surface area contributed by atoms with Crippen molar-refractivity contribution in [3.05, 3.63) is 28.5 Å². The molecule has 1 unspecified atom stereocenters. The van der Waals surface area contributed by atoms with Crippen molar-refractivity contribution in [1.29, 1.82) is 0 Å².